The number of amides is 1. The minimum absolute atomic E-state index is 0.156. The molecule has 2 rings (SSSR count). The monoisotopic (exact) mass is 322 g/mol. The van der Waals surface area contributed by atoms with Crippen LogP contribution in [0.1, 0.15) is 17.3 Å². The van der Waals surface area contributed by atoms with Crippen LogP contribution in [0.5, 0.6) is 0 Å². The van der Waals surface area contributed by atoms with Crippen molar-refractivity contribution in [2.75, 3.05) is 0 Å². The number of carbonyl (C=O) groups excluding carboxylic acids is 1. The number of carbonyl (C=O) groups is 1. The molecule has 0 spiro atoms. The van der Waals surface area contributed by atoms with Crippen LogP contribution in [0.2, 0.25) is 5.02 Å². The zero-order valence-electron chi connectivity index (χ0n) is 11.4. The van der Waals surface area contributed by atoms with Crippen LogP contribution in [0.3, 0.4) is 0 Å². The van der Waals surface area contributed by atoms with E-state index in [1.165, 1.54) is 11.0 Å². The lowest BCUT2D eigenvalue weighted by Gasteiger charge is -2.03. The molecular formula is C12H11ClN6O3. The Morgan fingerprint density at radius 2 is 2.23 bits per heavy atom. The third-order valence-electron chi connectivity index (χ3n) is 2.55. The summed E-state index contributed by atoms with van der Waals surface area (Å²) in [5.74, 6) is -0.942. The van der Waals surface area contributed by atoms with Gasteiger partial charge in [-0.25, -0.2) is 5.43 Å². The maximum atomic E-state index is 11.9. The average molecular weight is 323 g/mol. The predicted molar refractivity (Wildman–Crippen MR) is 78.7 cm³/mol. The summed E-state index contributed by atoms with van der Waals surface area (Å²) < 4.78 is 1.25. The summed E-state index contributed by atoms with van der Waals surface area (Å²) in [5, 5.41) is 18.3. The zero-order chi connectivity index (χ0) is 16.1. The number of nitro groups is 1. The Balaban J connectivity index is 1.99. The summed E-state index contributed by atoms with van der Waals surface area (Å²) in [5.41, 5.74) is 3.15. The number of halogens is 1. The number of nitrogens with one attached hydrogen (secondary N) is 1. The van der Waals surface area contributed by atoms with Crippen LogP contribution in [0.15, 0.2) is 35.7 Å². The molecule has 0 saturated carbocycles. The van der Waals surface area contributed by atoms with E-state index in [0.717, 1.165) is 0 Å². The van der Waals surface area contributed by atoms with Gasteiger partial charge in [-0.1, -0.05) is 28.7 Å². The summed E-state index contributed by atoms with van der Waals surface area (Å²) in [6.07, 6.45) is 1.22. The molecule has 1 aromatic heterocycles. The van der Waals surface area contributed by atoms with Crippen molar-refractivity contribution in [2.45, 2.75) is 13.5 Å². The first kappa shape index (κ1) is 15.6. The molecular weight excluding hydrogens is 312 g/mol. The molecule has 2 aromatic rings. The number of nitrogens with zero attached hydrogens (tertiary/aromatic N) is 5. The molecule has 22 heavy (non-hydrogen) atoms. The first-order chi connectivity index (χ1) is 10.5. The molecule has 0 unspecified atom stereocenters. The van der Waals surface area contributed by atoms with Gasteiger partial charge in [-0.2, -0.15) is 9.78 Å². The second-order valence-electron chi connectivity index (χ2n) is 4.27. The van der Waals surface area contributed by atoms with Gasteiger partial charge in [0.25, 0.3) is 5.91 Å². The summed E-state index contributed by atoms with van der Waals surface area (Å²) >= 11 is 5.90. The molecule has 0 aliphatic carbocycles. The second-order valence-corrected chi connectivity index (χ2v) is 4.67. The fourth-order valence-electron chi connectivity index (χ4n) is 1.57. The van der Waals surface area contributed by atoms with Gasteiger partial charge >= 0.3 is 5.95 Å². The average Bonchev–Trinajstić information content (AvgIpc) is 2.94. The number of rotatable bonds is 5. The van der Waals surface area contributed by atoms with E-state index in [0.29, 0.717) is 16.3 Å². The molecule has 114 valence electrons. The zero-order valence-corrected chi connectivity index (χ0v) is 12.2. The van der Waals surface area contributed by atoms with E-state index in [-0.39, 0.29) is 6.54 Å². The van der Waals surface area contributed by atoms with Gasteiger partial charge in [-0.05, 0) is 24.0 Å². The van der Waals surface area contributed by atoms with Gasteiger partial charge in [-0.15, -0.1) is 0 Å². The normalized spacial score (nSPS) is 11.3. The Morgan fingerprint density at radius 3 is 2.86 bits per heavy atom. The number of hydrogen-bond acceptors (Lipinski definition) is 6. The highest BCUT2D eigenvalue weighted by atomic mass is 35.5. The van der Waals surface area contributed by atoms with Crippen molar-refractivity contribution in [1.82, 2.24) is 20.2 Å². The molecule has 1 amide bonds. The third kappa shape index (κ3) is 3.85. The van der Waals surface area contributed by atoms with Gasteiger partial charge in [0.2, 0.25) is 6.33 Å². The molecule has 10 heteroatoms. The van der Waals surface area contributed by atoms with Crippen molar-refractivity contribution < 1.29 is 9.72 Å². The second kappa shape index (κ2) is 6.76. The van der Waals surface area contributed by atoms with Crippen molar-refractivity contribution in [1.29, 1.82) is 0 Å². The standard InChI is InChI=1S/C12H11ClN6O3/c1-8(6-18-7-14-12(17-18)19(21)22)15-16-11(20)9-4-2-3-5-10(9)13/h2-5,7H,6H2,1H3,(H,16,20)/b15-8-. The van der Waals surface area contributed by atoms with Crippen LogP contribution in [-0.4, -0.2) is 31.3 Å². The van der Waals surface area contributed by atoms with Gasteiger partial charge in [0.1, 0.15) is 0 Å². The number of hydrazone groups is 1. The highest BCUT2D eigenvalue weighted by Gasteiger charge is 2.13. The van der Waals surface area contributed by atoms with E-state index in [1.54, 1.807) is 31.2 Å². The lowest BCUT2D eigenvalue weighted by molar-refractivity contribution is -0.394. The maximum Gasteiger partial charge on any atom is 0.490 e. The fourth-order valence-corrected chi connectivity index (χ4v) is 1.79. The first-order valence-electron chi connectivity index (χ1n) is 6.09. The Hall–Kier alpha value is -2.81. The van der Waals surface area contributed by atoms with Gasteiger partial charge in [0, 0.05) is 5.10 Å². The van der Waals surface area contributed by atoms with E-state index in [2.05, 4.69) is 20.6 Å². The third-order valence-corrected chi connectivity index (χ3v) is 2.87. The van der Waals surface area contributed by atoms with Crippen molar-refractivity contribution >= 4 is 29.2 Å². The Morgan fingerprint density at radius 1 is 1.50 bits per heavy atom. The lowest BCUT2D eigenvalue weighted by atomic mass is 10.2. The molecule has 1 aromatic carbocycles. The molecule has 0 radical (unpaired) electrons. The summed E-state index contributed by atoms with van der Waals surface area (Å²) in [6.45, 7) is 1.80. The fraction of sp³-hybridized carbons (Fsp3) is 0.167. The van der Waals surface area contributed by atoms with Crippen LogP contribution < -0.4 is 5.43 Å². The molecule has 1 heterocycles. The molecule has 9 nitrogen and oxygen atoms in total. The molecule has 0 aliphatic rings. The summed E-state index contributed by atoms with van der Waals surface area (Å²) in [7, 11) is 0. The Labute approximate surface area is 129 Å². The van der Waals surface area contributed by atoms with E-state index < -0.39 is 16.8 Å². The molecule has 1 N–H and O–H groups in total. The van der Waals surface area contributed by atoms with Gasteiger partial charge in [0.15, 0.2) is 0 Å². The van der Waals surface area contributed by atoms with Crippen LogP contribution in [0, 0.1) is 10.1 Å². The number of aromatic nitrogens is 3. The summed E-state index contributed by atoms with van der Waals surface area (Å²) in [6, 6.07) is 6.57. The van der Waals surface area contributed by atoms with Crippen LogP contribution in [-0.2, 0) is 6.54 Å². The Kier molecular flexibility index (Phi) is 4.79. The van der Waals surface area contributed by atoms with Crippen LogP contribution in [0.25, 0.3) is 0 Å². The molecule has 0 atom stereocenters. The van der Waals surface area contributed by atoms with Gasteiger partial charge < -0.3 is 10.1 Å². The van der Waals surface area contributed by atoms with Crippen molar-refractivity contribution in [2.24, 2.45) is 5.10 Å². The largest absolute Gasteiger partial charge is 0.490 e. The molecule has 0 bridgehead atoms. The Bertz CT molecular complexity index is 742. The number of hydrogen-bond donors (Lipinski definition) is 1. The van der Waals surface area contributed by atoms with E-state index in [9.17, 15) is 14.9 Å². The van der Waals surface area contributed by atoms with Crippen LogP contribution in [0.4, 0.5) is 5.95 Å². The summed E-state index contributed by atoms with van der Waals surface area (Å²) in [4.78, 5) is 25.2. The highest BCUT2D eigenvalue weighted by molar-refractivity contribution is 6.33. The predicted octanol–water partition coefficient (Wildman–Crippen LogP) is 1.65. The van der Waals surface area contributed by atoms with E-state index >= 15 is 0 Å². The highest BCUT2D eigenvalue weighted by Crippen LogP contribution is 2.14. The van der Waals surface area contributed by atoms with E-state index in [1.807, 2.05) is 0 Å². The topological polar surface area (TPSA) is 115 Å². The van der Waals surface area contributed by atoms with Crippen LogP contribution >= 0.6 is 11.6 Å². The van der Waals surface area contributed by atoms with E-state index in [4.69, 9.17) is 11.6 Å². The molecule has 0 saturated heterocycles. The van der Waals surface area contributed by atoms with Crippen molar-refractivity contribution in [3.8, 4) is 0 Å². The van der Waals surface area contributed by atoms with Gasteiger partial charge in [0.05, 0.1) is 22.8 Å². The number of benzene rings is 1. The van der Waals surface area contributed by atoms with Gasteiger partial charge in [-0.3, -0.25) is 4.79 Å². The smallest absolute Gasteiger partial charge is 0.390 e. The first-order valence-corrected chi connectivity index (χ1v) is 6.47. The maximum absolute atomic E-state index is 11.9. The minimum Gasteiger partial charge on any atom is -0.390 e. The van der Waals surface area contributed by atoms with Crippen molar-refractivity contribution in [3.05, 3.63) is 51.3 Å². The molecule has 0 fully saturated rings. The van der Waals surface area contributed by atoms with Crippen molar-refractivity contribution in [3.63, 3.8) is 0 Å². The quantitative estimate of drug-likeness (QED) is 0.510. The lowest BCUT2D eigenvalue weighted by Crippen LogP contribution is -2.21. The SMILES string of the molecule is C/C(Cn1cnc([N+](=O)[O-])n1)=N/NC(=O)c1ccccc1Cl. The molecule has 0 aliphatic heterocycles. The minimum atomic E-state index is -0.692.